The van der Waals surface area contributed by atoms with Crippen LogP contribution in [0, 0.1) is 0 Å². The van der Waals surface area contributed by atoms with E-state index in [2.05, 4.69) is 25.6 Å². The number of sulfonamides is 1. The normalized spacial score (nSPS) is 16.9. The van der Waals surface area contributed by atoms with Crippen molar-refractivity contribution in [1.29, 1.82) is 0 Å². The summed E-state index contributed by atoms with van der Waals surface area (Å²) >= 11 is 3.24. The summed E-state index contributed by atoms with van der Waals surface area (Å²) in [6, 6.07) is 4.62. The highest BCUT2D eigenvalue weighted by Gasteiger charge is 2.16. The van der Waals surface area contributed by atoms with Gasteiger partial charge in [0.15, 0.2) is 0 Å². The fraction of sp³-hybridized carbons (Fsp3) is 0.500. The Morgan fingerprint density at radius 3 is 2.63 bits per heavy atom. The minimum Gasteiger partial charge on any atom is -0.398 e. The SMILES string of the molecule is Nc1ccc(S(=O)(=O)NCCN2CCCC2)cc1Br. The molecule has 106 valence electrons. The average Bonchev–Trinajstić information content (AvgIpc) is 2.85. The summed E-state index contributed by atoms with van der Waals surface area (Å²) in [5.74, 6) is 0. The maximum absolute atomic E-state index is 12.1. The third-order valence-electron chi connectivity index (χ3n) is 3.20. The number of anilines is 1. The number of nitrogens with one attached hydrogen (secondary N) is 1. The molecule has 7 heteroatoms. The van der Waals surface area contributed by atoms with Crippen molar-refractivity contribution in [3.8, 4) is 0 Å². The molecule has 1 fully saturated rings. The molecular weight excluding hydrogens is 330 g/mol. The summed E-state index contributed by atoms with van der Waals surface area (Å²) in [5, 5.41) is 0. The molecule has 0 unspecified atom stereocenters. The second-order valence-electron chi connectivity index (χ2n) is 4.63. The summed E-state index contributed by atoms with van der Waals surface area (Å²) in [4.78, 5) is 2.50. The predicted octanol–water partition coefficient (Wildman–Crippen LogP) is 1.41. The van der Waals surface area contributed by atoms with Crippen molar-refractivity contribution < 1.29 is 8.42 Å². The monoisotopic (exact) mass is 347 g/mol. The van der Waals surface area contributed by atoms with E-state index in [9.17, 15) is 8.42 Å². The van der Waals surface area contributed by atoms with Gasteiger partial charge in [-0.05, 0) is 60.1 Å². The predicted molar refractivity (Wildman–Crippen MR) is 79.4 cm³/mol. The highest BCUT2D eigenvalue weighted by Crippen LogP contribution is 2.22. The van der Waals surface area contributed by atoms with E-state index in [1.807, 2.05) is 0 Å². The Morgan fingerprint density at radius 1 is 1.32 bits per heavy atom. The van der Waals surface area contributed by atoms with Gasteiger partial charge in [-0.3, -0.25) is 0 Å². The van der Waals surface area contributed by atoms with Crippen LogP contribution in [0.4, 0.5) is 5.69 Å². The first kappa shape index (κ1) is 14.8. The van der Waals surface area contributed by atoms with E-state index in [4.69, 9.17) is 5.73 Å². The Labute approximate surface area is 122 Å². The number of hydrogen-bond acceptors (Lipinski definition) is 4. The molecule has 1 aliphatic heterocycles. The molecule has 0 spiro atoms. The molecule has 1 heterocycles. The minimum atomic E-state index is -3.45. The maximum Gasteiger partial charge on any atom is 0.240 e. The molecule has 0 amide bonds. The second kappa shape index (κ2) is 6.21. The molecule has 0 radical (unpaired) electrons. The number of rotatable bonds is 5. The number of nitrogen functional groups attached to an aromatic ring is 1. The van der Waals surface area contributed by atoms with Gasteiger partial charge in [-0.2, -0.15) is 0 Å². The first-order chi connectivity index (χ1) is 8.99. The molecule has 1 aliphatic rings. The van der Waals surface area contributed by atoms with Crippen LogP contribution in [0.15, 0.2) is 27.6 Å². The molecule has 1 saturated heterocycles. The van der Waals surface area contributed by atoms with Gasteiger partial charge in [0, 0.05) is 23.2 Å². The molecule has 3 N–H and O–H groups in total. The van der Waals surface area contributed by atoms with E-state index in [0.29, 0.717) is 16.7 Å². The van der Waals surface area contributed by atoms with Crippen LogP contribution >= 0.6 is 15.9 Å². The van der Waals surface area contributed by atoms with Crippen molar-refractivity contribution in [2.24, 2.45) is 0 Å². The summed E-state index contributed by atoms with van der Waals surface area (Å²) in [6.07, 6.45) is 2.41. The summed E-state index contributed by atoms with van der Waals surface area (Å²) < 4.78 is 27.4. The van der Waals surface area contributed by atoms with Crippen molar-refractivity contribution in [2.45, 2.75) is 17.7 Å². The number of nitrogens with zero attached hydrogens (tertiary/aromatic N) is 1. The van der Waals surface area contributed by atoms with Gasteiger partial charge in [0.05, 0.1) is 4.90 Å². The third-order valence-corrected chi connectivity index (χ3v) is 5.35. The summed E-state index contributed by atoms with van der Waals surface area (Å²) in [6.45, 7) is 3.32. The molecule has 1 aromatic carbocycles. The number of nitrogens with two attached hydrogens (primary N) is 1. The zero-order valence-electron chi connectivity index (χ0n) is 10.6. The van der Waals surface area contributed by atoms with Crippen LogP contribution in [-0.4, -0.2) is 39.5 Å². The minimum absolute atomic E-state index is 0.231. The Bertz CT molecular complexity index is 542. The maximum atomic E-state index is 12.1. The molecule has 0 bridgehead atoms. The molecule has 1 aromatic rings. The third kappa shape index (κ3) is 3.92. The van der Waals surface area contributed by atoms with Crippen molar-refractivity contribution in [2.75, 3.05) is 31.9 Å². The molecule has 2 rings (SSSR count). The lowest BCUT2D eigenvalue weighted by Crippen LogP contribution is -2.33. The van der Waals surface area contributed by atoms with Crippen LogP contribution in [0.25, 0.3) is 0 Å². The average molecular weight is 348 g/mol. The van der Waals surface area contributed by atoms with Gasteiger partial charge < -0.3 is 10.6 Å². The number of benzene rings is 1. The highest BCUT2D eigenvalue weighted by molar-refractivity contribution is 9.10. The zero-order chi connectivity index (χ0) is 13.9. The van der Waals surface area contributed by atoms with Crippen LogP contribution in [0.3, 0.4) is 0 Å². The lowest BCUT2D eigenvalue weighted by Gasteiger charge is -2.15. The Morgan fingerprint density at radius 2 is 2.00 bits per heavy atom. The fourth-order valence-electron chi connectivity index (χ4n) is 2.10. The van der Waals surface area contributed by atoms with Crippen LogP contribution < -0.4 is 10.5 Å². The smallest absolute Gasteiger partial charge is 0.240 e. The zero-order valence-corrected chi connectivity index (χ0v) is 13.0. The van der Waals surface area contributed by atoms with E-state index < -0.39 is 10.0 Å². The number of hydrogen-bond donors (Lipinski definition) is 2. The Balaban J connectivity index is 1.95. The number of halogens is 1. The summed E-state index contributed by atoms with van der Waals surface area (Å²) in [5.41, 5.74) is 6.17. The van der Waals surface area contributed by atoms with Gasteiger partial charge >= 0.3 is 0 Å². The van der Waals surface area contributed by atoms with E-state index in [1.165, 1.54) is 25.0 Å². The van der Waals surface area contributed by atoms with Gasteiger partial charge in [-0.15, -0.1) is 0 Å². The quantitative estimate of drug-likeness (QED) is 0.789. The first-order valence-electron chi connectivity index (χ1n) is 6.26. The Hall–Kier alpha value is -0.630. The summed E-state index contributed by atoms with van der Waals surface area (Å²) in [7, 11) is -3.45. The first-order valence-corrected chi connectivity index (χ1v) is 8.54. The van der Waals surface area contributed by atoms with Gasteiger partial charge in [0.1, 0.15) is 0 Å². The Kier molecular flexibility index (Phi) is 4.83. The molecule has 19 heavy (non-hydrogen) atoms. The van der Waals surface area contributed by atoms with Gasteiger partial charge in [0.25, 0.3) is 0 Å². The molecular formula is C12H18BrN3O2S. The van der Waals surface area contributed by atoms with Crippen LogP contribution in [0.2, 0.25) is 0 Å². The molecule has 0 saturated carbocycles. The van der Waals surface area contributed by atoms with E-state index in [-0.39, 0.29) is 4.90 Å². The van der Waals surface area contributed by atoms with Crippen molar-refractivity contribution in [3.05, 3.63) is 22.7 Å². The van der Waals surface area contributed by atoms with Crippen LogP contribution in [-0.2, 0) is 10.0 Å². The van der Waals surface area contributed by atoms with Gasteiger partial charge in [0.2, 0.25) is 10.0 Å². The lowest BCUT2D eigenvalue weighted by atomic mass is 10.3. The van der Waals surface area contributed by atoms with Crippen LogP contribution in [0.5, 0.6) is 0 Å². The molecule has 0 atom stereocenters. The van der Waals surface area contributed by atoms with E-state index in [0.717, 1.165) is 19.6 Å². The van der Waals surface area contributed by atoms with E-state index >= 15 is 0 Å². The molecule has 5 nitrogen and oxygen atoms in total. The van der Waals surface area contributed by atoms with Crippen molar-refractivity contribution in [1.82, 2.24) is 9.62 Å². The van der Waals surface area contributed by atoms with Crippen molar-refractivity contribution >= 4 is 31.6 Å². The fourth-order valence-corrected chi connectivity index (χ4v) is 3.68. The molecule has 0 aromatic heterocycles. The second-order valence-corrected chi connectivity index (χ2v) is 7.25. The topological polar surface area (TPSA) is 75.4 Å². The largest absolute Gasteiger partial charge is 0.398 e. The van der Waals surface area contributed by atoms with Gasteiger partial charge in [-0.1, -0.05) is 0 Å². The number of likely N-dealkylation sites (tertiary alicyclic amines) is 1. The van der Waals surface area contributed by atoms with Gasteiger partial charge in [-0.25, -0.2) is 13.1 Å². The molecule has 0 aliphatic carbocycles. The lowest BCUT2D eigenvalue weighted by molar-refractivity contribution is 0.344. The van der Waals surface area contributed by atoms with Crippen LogP contribution in [0.1, 0.15) is 12.8 Å². The van der Waals surface area contributed by atoms with E-state index in [1.54, 1.807) is 6.07 Å². The highest BCUT2D eigenvalue weighted by atomic mass is 79.9. The van der Waals surface area contributed by atoms with Crippen molar-refractivity contribution in [3.63, 3.8) is 0 Å². The standard InChI is InChI=1S/C12H18BrN3O2S/c13-11-9-10(3-4-12(11)14)19(17,18)15-5-8-16-6-1-2-7-16/h3-4,9,15H,1-2,5-8,14H2.